The Bertz CT molecular complexity index is 499. The number of aromatic nitrogens is 1. The molecule has 5 nitrogen and oxygen atoms in total. The van der Waals surface area contributed by atoms with Crippen molar-refractivity contribution in [1.29, 1.82) is 0 Å². The maximum absolute atomic E-state index is 12.1. The van der Waals surface area contributed by atoms with Crippen LogP contribution in [-0.2, 0) is 16.1 Å². The third-order valence-electron chi connectivity index (χ3n) is 4.05. The van der Waals surface area contributed by atoms with Gasteiger partial charge in [-0.2, -0.15) is 0 Å². The van der Waals surface area contributed by atoms with Gasteiger partial charge in [0.25, 0.3) is 0 Å². The Labute approximate surface area is 118 Å². The predicted octanol–water partition coefficient (Wildman–Crippen LogP) is 0.655. The lowest BCUT2D eigenvalue weighted by Gasteiger charge is -2.11. The van der Waals surface area contributed by atoms with Gasteiger partial charge in [-0.3, -0.25) is 14.6 Å². The Balaban J connectivity index is 1.47. The zero-order valence-corrected chi connectivity index (χ0v) is 11.3. The van der Waals surface area contributed by atoms with Gasteiger partial charge >= 0.3 is 0 Å². The van der Waals surface area contributed by atoms with Crippen molar-refractivity contribution >= 4 is 11.7 Å². The van der Waals surface area contributed by atoms with Crippen LogP contribution in [0.1, 0.15) is 24.8 Å². The van der Waals surface area contributed by atoms with Gasteiger partial charge in [0.05, 0.1) is 6.04 Å². The molecule has 1 aliphatic heterocycles. The summed E-state index contributed by atoms with van der Waals surface area (Å²) in [6.45, 7) is 1.14. The van der Waals surface area contributed by atoms with Crippen molar-refractivity contribution in [3.8, 4) is 0 Å². The maximum atomic E-state index is 12.1. The standard InChI is InChI=1S/C15H19N3O2/c19-14(11-1-2-11)12-7-13(17-9-12)15(20)18-8-10-3-5-16-6-4-10/h3-6,11-13,17H,1-2,7-9H2,(H,18,20). The third-order valence-corrected chi connectivity index (χ3v) is 4.05. The van der Waals surface area contributed by atoms with Crippen LogP contribution in [0.3, 0.4) is 0 Å². The molecule has 2 unspecified atom stereocenters. The number of pyridine rings is 1. The van der Waals surface area contributed by atoms with E-state index in [4.69, 9.17) is 0 Å². The Morgan fingerprint density at radius 1 is 1.25 bits per heavy atom. The van der Waals surface area contributed by atoms with Crippen molar-refractivity contribution in [2.75, 3.05) is 6.54 Å². The van der Waals surface area contributed by atoms with Crippen molar-refractivity contribution in [2.24, 2.45) is 11.8 Å². The molecule has 20 heavy (non-hydrogen) atoms. The van der Waals surface area contributed by atoms with Crippen LogP contribution in [0.4, 0.5) is 0 Å². The highest BCUT2D eigenvalue weighted by Gasteiger charge is 2.39. The topological polar surface area (TPSA) is 71.1 Å². The first-order chi connectivity index (χ1) is 9.74. The molecular formula is C15H19N3O2. The van der Waals surface area contributed by atoms with Gasteiger partial charge in [-0.25, -0.2) is 0 Å². The van der Waals surface area contributed by atoms with E-state index in [1.165, 1.54) is 0 Å². The summed E-state index contributed by atoms with van der Waals surface area (Å²) in [6, 6.07) is 3.52. The van der Waals surface area contributed by atoms with Gasteiger partial charge < -0.3 is 10.6 Å². The fraction of sp³-hybridized carbons (Fsp3) is 0.533. The Hall–Kier alpha value is -1.75. The molecular weight excluding hydrogens is 254 g/mol. The number of nitrogens with one attached hydrogen (secondary N) is 2. The molecule has 106 valence electrons. The first-order valence-corrected chi connectivity index (χ1v) is 7.18. The number of amides is 1. The molecule has 3 rings (SSSR count). The van der Waals surface area contributed by atoms with Crippen LogP contribution in [0, 0.1) is 11.8 Å². The van der Waals surface area contributed by atoms with Gasteiger partial charge in [0.1, 0.15) is 5.78 Å². The summed E-state index contributed by atoms with van der Waals surface area (Å²) in [7, 11) is 0. The first kappa shape index (κ1) is 13.2. The zero-order valence-electron chi connectivity index (χ0n) is 11.3. The maximum Gasteiger partial charge on any atom is 0.237 e. The van der Waals surface area contributed by atoms with Crippen LogP contribution in [0.2, 0.25) is 0 Å². The highest BCUT2D eigenvalue weighted by atomic mass is 16.2. The van der Waals surface area contributed by atoms with E-state index < -0.39 is 0 Å². The molecule has 2 N–H and O–H groups in total. The number of hydrogen-bond acceptors (Lipinski definition) is 4. The van der Waals surface area contributed by atoms with E-state index in [2.05, 4.69) is 15.6 Å². The van der Waals surface area contributed by atoms with Gasteiger partial charge in [-0.05, 0) is 37.0 Å². The van der Waals surface area contributed by atoms with E-state index in [0.717, 1.165) is 18.4 Å². The van der Waals surface area contributed by atoms with Gasteiger partial charge in [-0.1, -0.05) is 0 Å². The van der Waals surface area contributed by atoms with E-state index in [9.17, 15) is 9.59 Å². The Morgan fingerprint density at radius 3 is 2.70 bits per heavy atom. The molecule has 2 fully saturated rings. The minimum absolute atomic E-state index is 0.0205. The van der Waals surface area contributed by atoms with Gasteiger partial charge in [0.2, 0.25) is 5.91 Å². The molecule has 1 saturated heterocycles. The summed E-state index contributed by atoms with van der Waals surface area (Å²) in [4.78, 5) is 28.0. The number of nitrogens with zero attached hydrogens (tertiary/aromatic N) is 1. The minimum Gasteiger partial charge on any atom is -0.351 e. The molecule has 1 aromatic rings. The van der Waals surface area contributed by atoms with Crippen LogP contribution in [0.25, 0.3) is 0 Å². The van der Waals surface area contributed by atoms with Crippen LogP contribution in [0.5, 0.6) is 0 Å². The van der Waals surface area contributed by atoms with E-state index in [1.807, 2.05) is 12.1 Å². The highest BCUT2D eigenvalue weighted by Crippen LogP contribution is 2.34. The smallest absolute Gasteiger partial charge is 0.237 e. The second-order valence-corrected chi connectivity index (χ2v) is 5.64. The number of carbonyl (C=O) groups excluding carboxylic acids is 2. The molecule has 1 aromatic heterocycles. The lowest BCUT2D eigenvalue weighted by Crippen LogP contribution is -2.39. The zero-order chi connectivity index (χ0) is 13.9. The quantitative estimate of drug-likeness (QED) is 0.826. The molecule has 2 atom stereocenters. The molecule has 0 spiro atoms. The summed E-state index contributed by atoms with van der Waals surface area (Å²) in [5.74, 6) is 0.634. The average Bonchev–Trinajstić information content (AvgIpc) is 3.22. The second kappa shape index (κ2) is 5.71. The van der Waals surface area contributed by atoms with Gasteiger partial charge in [0.15, 0.2) is 0 Å². The lowest BCUT2D eigenvalue weighted by atomic mass is 9.97. The molecule has 1 saturated carbocycles. The fourth-order valence-corrected chi connectivity index (χ4v) is 2.67. The van der Waals surface area contributed by atoms with Crippen LogP contribution < -0.4 is 10.6 Å². The molecule has 0 radical (unpaired) electrons. The first-order valence-electron chi connectivity index (χ1n) is 7.18. The molecule has 0 bridgehead atoms. The molecule has 2 heterocycles. The van der Waals surface area contributed by atoms with Crippen LogP contribution in [0.15, 0.2) is 24.5 Å². The number of carbonyl (C=O) groups is 2. The van der Waals surface area contributed by atoms with E-state index in [1.54, 1.807) is 12.4 Å². The lowest BCUT2D eigenvalue weighted by molar-refractivity contribution is -0.124. The molecule has 1 amide bonds. The van der Waals surface area contributed by atoms with Gasteiger partial charge in [-0.15, -0.1) is 0 Å². The molecule has 5 heteroatoms. The molecule has 2 aliphatic rings. The minimum atomic E-state index is -0.232. The molecule has 0 aromatic carbocycles. The van der Waals surface area contributed by atoms with Crippen molar-refractivity contribution in [2.45, 2.75) is 31.8 Å². The largest absolute Gasteiger partial charge is 0.351 e. The third kappa shape index (κ3) is 3.04. The van der Waals surface area contributed by atoms with Crippen molar-refractivity contribution in [3.05, 3.63) is 30.1 Å². The highest BCUT2D eigenvalue weighted by molar-refractivity contribution is 5.88. The number of hydrogen-bond donors (Lipinski definition) is 2. The summed E-state index contributed by atoms with van der Waals surface area (Å²) >= 11 is 0. The van der Waals surface area contributed by atoms with Crippen LogP contribution in [-0.4, -0.2) is 29.3 Å². The summed E-state index contributed by atoms with van der Waals surface area (Å²) in [6.07, 6.45) is 6.12. The summed E-state index contributed by atoms with van der Waals surface area (Å²) < 4.78 is 0. The predicted molar refractivity (Wildman–Crippen MR) is 73.7 cm³/mol. The fourth-order valence-electron chi connectivity index (χ4n) is 2.67. The van der Waals surface area contributed by atoms with Crippen molar-refractivity contribution in [3.63, 3.8) is 0 Å². The van der Waals surface area contributed by atoms with E-state index in [-0.39, 0.29) is 23.8 Å². The van der Waals surface area contributed by atoms with Gasteiger partial charge in [0, 0.05) is 37.3 Å². The monoisotopic (exact) mass is 273 g/mol. The van der Waals surface area contributed by atoms with Crippen LogP contribution >= 0.6 is 0 Å². The van der Waals surface area contributed by atoms with Crippen molar-refractivity contribution in [1.82, 2.24) is 15.6 Å². The summed E-state index contributed by atoms with van der Waals surface area (Å²) in [5.41, 5.74) is 1.02. The second-order valence-electron chi connectivity index (χ2n) is 5.64. The summed E-state index contributed by atoms with van der Waals surface area (Å²) in [5, 5.41) is 6.07. The van der Waals surface area contributed by atoms with E-state index >= 15 is 0 Å². The number of Topliss-reactive ketones (excluding diaryl/α,β-unsaturated/α-hetero) is 1. The van der Waals surface area contributed by atoms with E-state index in [0.29, 0.717) is 25.3 Å². The van der Waals surface area contributed by atoms with Crippen molar-refractivity contribution < 1.29 is 9.59 Å². The normalized spacial score (nSPS) is 25.4. The SMILES string of the molecule is O=C(C1CC1)C1CNC(C(=O)NCc2ccncc2)C1. The number of rotatable bonds is 5. The average molecular weight is 273 g/mol. The molecule has 1 aliphatic carbocycles. The Kier molecular flexibility index (Phi) is 3.78. The number of ketones is 1. The Morgan fingerprint density at radius 2 is 2.00 bits per heavy atom.